The van der Waals surface area contributed by atoms with Gasteiger partial charge in [0.05, 0.1) is 25.7 Å². The van der Waals surface area contributed by atoms with Gasteiger partial charge in [0.25, 0.3) is 0 Å². The number of nitrogens with zero attached hydrogens (tertiary/aromatic N) is 2. The normalized spacial score (nSPS) is 17.7. The van der Waals surface area contributed by atoms with E-state index in [9.17, 15) is 9.59 Å². The molecule has 0 bridgehead atoms. The summed E-state index contributed by atoms with van der Waals surface area (Å²) in [7, 11) is 3.12. The Hall–Kier alpha value is -3.13. The molecule has 1 aliphatic heterocycles. The zero-order valence-electron chi connectivity index (χ0n) is 15.4. The van der Waals surface area contributed by atoms with Crippen LogP contribution in [-0.4, -0.2) is 42.5 Å². The number of benzene rings is 2. The summed E-state index contributed by atoms with van der Waals surface area (Å²) in [6, 6.07) is 14.3. The van der Waals surface area contributed by atoms with Crippen LogP contribution in [0.1, 0.15) is 22.3 Å². The van der Waals surface area contributed by atoms with Crippen LogP contribution in [0.5, 0.6) is 11.5 Å². The molecule has 7 nitrogen and oxygen atoms in total. The number of amidine groups is 1. The molecule has 0 saturated carbocycles. The van der Waals surface area contributed by atoms with Gasteiger partial charge >= 0.3 is 0 Å². The molecule has 2 aromatic rings. The molecule has 0 aromatic heterocycles. The lowest BCUT2D eigenvalue weighted by atomic mass is 10.1. The molecule has 28 heavy (non-hydrogen) atoms. The van der Waals surface area contributed by atoms with Gasteiger partial charge in [-0.15, -0.1) is 5.10 Å². The highest BCUT2D eigenvalue weighted by Gasteiger charge is 2.32. The number of hydrogen-bond acceptors (Lipinski definition) is 7. The summed E-state index contributed by atoms with van der Waals surface area (Å²) in [5, 5.41) is 10.5. The number of methoxy groups -OCH3 is 2. The van der Waals surface area contributed by atoms with Crippen LogP contribution in [0.3, 0.4) is 0 Å². The Morgan fingerprint density at radius 2 is 1.89 bits per heavy atom. The summed E-state index contributed by atoms with van der Waals surface area (Å²) in [5.41, 5.74) is 1.36. The van der Waals surface area contributed by atoms with Crippen molar-refractivity contribution in [3.63, 3.8) is 0 Å². The molecular formula is C20H19N3O4S. The van der Waals surface area contributed by atoms with Crippen molar-refractivity contribution in [2.75, 3.05) is 14.2 Å². The highest BCUT2D eigenvalue weighted by molar-refractivity contribution is 8.15. The van der Waals surface area contributed by atoms with Gasteiger partial charge in [-0.2, -0.15) is 5.10 Å². The van der Waals surface area contributed by atoms with Gasteiger partial charge in [0.15, 0.2) is 22.4 Å². The molecule has 1 aliphatic rings. The van der Waals surface area contributed by atoms with Crippen LogP contribution in [0.4, 0.5) is 0 Å². The lowest BCUT2D eigenvalue weighted by molar-refractivity contribution is -0.118. The van der Waals surface area contributed by atoms with E-state index in [1.807, 2.05) is 12.1 Å². The minimum atomic E-state index is -0.511. The predicted octanol–water partition coefficient (Wildman–Crippen LogP) is 2.90. The van der Waals surface area contributed by atoms with Crippen molar-refractivity contribution >= 4 is 34.8 Å². The standard InChI is InChI=1S/C20H19N3O4S/c1-26-16-9-8-13(10-17(16)27-2)12-21-23-20-22-19(25)18(28-20)11-15(24)14-6-4-3-5-7-14/h3-10,12,18H,11H2,1-2H3,(H,22,23,25)/b21-12+. The second kappa shape index (κ2) is 9.18. The van der Waals surface area contributed by atoms with E-state index in [0.29, 0.717) is 22.2 Å². The summed E-state index contributed by atoms with van der Waals surface area (Å²) in [5.74, 6) is 0.885. The number of hydrogen-bond donors (Lipinski definition) is 1. The number of ether oxygens (including phenoxy) is 2. The predicted molar refractivity (Wildman–Crippen MR) is 109 cm³/mol. The Kier molecular flexibility index (Phi) is 6.44. The van der Waals surface area contributed by atoms with Crippen LogP contribution in [0.25, 0.3) is 0 Å². The molecule has 144 valence electrons. The molecule has 3 rings (SSSR count). The van der Waals surface area contributed by atoms with Crippen molar-refractivity contribution in [3.8, 4) is 11.5 Å². The van der Waals surface area contributed by atoms with E-state index in [0.717, 1.165) is 5.56 Å². The first-order valence-electron chi connectivity index (χ1n) is 8.49. The number of ketones is 1. The fraction of sp³-hybridized carbons (Fsp3) is 0.200. The minimum Gasteiger partial charge on any atom is -0.493 e. The van der Waals surface area contributed by atoms with Crippen molar-refractivity contribution in [1.82, 2.24) is 5.32 Å². The first-order chi connectivity index (χ1) is 13.6. The van der Waals surface area contributed by atoms with Crippen molar-refractivity contribution in [1.29, 1.82) is 0 Å². The third-order valence-electron chi connectivity index (χ3n) is 4.01. The molecule has 1 saturated heterocycles. The SMILES string of the molecule is COc1ccc(/C=N/N=C2\NC(=O)C(CC(=O)c3ccccc3)S2)cc1OC. The lowest BCUT2D eigenvalue weighted by Crippen LogP contribution is -2.26. The largest absolute Gasteiger partial charge is 0.493 e. The second-order valence-corrected chi connectivity index (χ2v) is 7.04. The van der Waals surface area contributed by atoms with Gasteiger partial charge in [0.2, 0.25) is 5.91 Å². The monoisotopic (exact) mass is 397 g/mol. The Balaban J connectivity index is 1.62. The molecular weight excluding hydrogens is 378 g/mol. The zero-order chi connectivity index (χ0) is 19.9. The summed E-state index contributed by atoms with van der Waals surface area (Å²) in [4.78, 5) is 24.4. The molecule has 2 aromatic carbocycles. The summed E-state index contributed by atoms with van der Waals surface area (Å²) < 4.78 is 10.4. The molecule has 1 atom stereocenters. The van der Waals surface area contributed by atoms with Gasteiger partial charge in [-0.05, 0) is 23.8 Å². The van der Waals surface area contributed by atoms with Gasteiger partial charge in [-0.25, -0.2) is 0 Å². The summed E-state index contributed by atoms with van der Waals surface area (Å²) >= 11 is 1.20. The fourth-order valence-electron chi connectivity index (χ4n) is 2.58. The quantitative estimate of drug-likeness (QED) is 0.441. The molecule has 0 aliphatic carbocycles. The molecule has 0 radical (unpaired) electrons. The second-order valence-electron chi connectivity index (χ2n) is 5.85. The van der Waals surface area contributed by atoms with Gasteiger partial charge in [-0.3, -0.25) is 9.59 Å². The van der Waals surface area contributed by atoms with Crippen molar-refractivity contribution in [2.45, 2.75) is 11.7 Å². The van der Waals surface area contributed by atoms with E-state index in [-0.39, 0.29) is 18.1 Å². The number of nitrogens with one attached hydrogen (secondary N) is 1. The number of carbonyl (C=O) groups excluding carboxylic acids is 2. The van der Waals surface area contributed by atoms with Crippen LogP contribution in [0.2, 0.25) is 0 Å². The fourth-order valence-corrected chi connectivity index (χ4v) is 3.50. The van der Waals surface area contributed by atoms with E-state index >= 15 is 0 Å². The third kappa shape index (κ3) is 4.77. The van der Waals surface area contributed by atoms with Crippen LogP contribution in [-0.2, 0) is 4.79 Å². The van der Waals surface area contributed by atoms with Crippen LogP contribution >= 0.6 is 11.8 Å². The number of amides is 1. The van der Waals surface area contributed by atoms with Crippen molar-refractivity contribution in [2.24, 2.45) is 10.2 Å². The van der Waals surface area contributed by atoms with E-state index in [2.05, 4.69) is 15.5 Å². The molecule has 1 fully saturated rings. The highest BCUT2D eigenvalue weighted by atomic mass is 32.2. The zero-order valence-corrected chi connectivity index (χ0v) is 16.2. The number of Topliss-reactive ketones (excluding diaryl/α,β-unsaturated/α-hetero) is 1. The average molecular weight is 397 g/mol. The van der Waals surface area contributed by atoms with Gasteiger partial charge in [0, 0.05) is 12.0 Å². The van der Waals surface area contributed by atoms with Crippen LogP contribution in [0, 0.1) is 0 Å². The van der Waals surface area contributed by atoms with Crippen molar-refractivity contribution < 1.29 is 19.1 Å². The Bertz CT molecular complexity index is 928. The molecule has 1 unspecified atom stereocenters. The summed E-state index contributed by atoms with van der Waals surface area (Å²) in [6.45, 7) is 0. The first kappa shape index (κ1) is 19.6. The third-order valence-corrected chi connectivity index (χ3v) is 5.08. The van der Waals surface area contributed by atoms with Crippen LogP contribution < -0.4 is 14.8 Å². The Labute approximate surface area is 166 Å². The molecule has 1 amide bonds. The van der Waals surface area contributed by atoms with E-state index in [4.69, 9.17) is 9.47 Å². The maximum Gasteiger partial charge on any atom is 0.240 e. The number of carbonyl (C=O) groups is 2. The minimum absolute atomic E-state index is 0.0803. The van der Waals surface area contributed by atoms with E-state index < -0.39 is 5.25 Å². The number of thioether (sulfide) groups is 1. The highest BCUT2D eigenvalue weighted by Crippen LogP contribution is 2.27. The molecule has 1 N–H and O–H groups in total. The first-order valence-corrected chi connectivity index (χ1v) is 9.37. The smallest absolute Gasteiger partial charge is 0.240 e. The number of rotatable bonds is 7. The van der Waals surface area contributed by atoms with Crippen LogP contribution in [0.15, 0.2) is 58.7 Å². The van der Waals surface area contributed by atoms with Crippen molar-refractivity contribution in [3.05, 3.63) is 59.7 Å². The summed E-state index contributed by atoms with van der Waals surface area (Å²) in [6.07, 6.45) is 1.66. The topological polar surface area (TPSA) is 89.4 Å². The maximum absolute atomic E-state index is 12.3. The van der Waals surface area contributed by atoms with E-state index in [1.54, 1.807) is 56.8 Å². The van der Waals surface area contributed by atoms with E-state index in [1.165, 1.54) is 11.8 Å². The Morgan fingerprint density at radius 3 is 2.61 bits per heavy atom. The lowest BCUT2D eigenvalue weighted by Gasteiger charge is -2.07. The average Bonchev–Trinajstić information content (AvgIpc) is 3.07. The Morgan fingerprint density at radius 1 is 1.14 bits per heavy atom. The molecule has 1 heterocycles. The molecule has 8 heteroatoms. The van der Waals surface area contributed by atoms with Gasteiger partial charge in [-0.1, -0.05) is 42.1 Å². The maximum atomic E-state index is 12.3. The van der Waals surface area contributed by atoms with Gasteiger partial charge in [0.1, 0.15) is 0 Å². The molecule has 0 spiro atoms. The van der Waals surface area contributed by atoms with Gasteiger partial charge < -0.3 is 14.8 Å².